The topological polar surface area (TPSA) is 29.5 Å². The lowest BCUT2D eigenvalue weighted by Gasteiger charge is -2.19. The van der Waals surface area contributed by atoms with Crippen molar-refractivity contribution in [1.82, 2.24) is 0 Å². The fourth-order valence-electron chi connectivity index (χ4n) is 1.97. The van der Waals surface area contributed by atoms with Crippen LogP contribution in [-0.2, 0) is 0 Å². The molecule has 0 radical (unpaired) electrons. The molecule has 4 heteroatoms. The molecule has 0 aromatic heterocycles. The zero-order chi connectivity index (χ0) is 14.7. The van der Waals surface area contributed by atoms with E-state index in [1.807, 2.05) is 19.9 Å². The van der Waals surface area contributed by atoms with Gasteiger partial charge in [0.05, 0.1) is 10.6 Å². The summed E-state index contributed by atoms with van der Waals surface area (Å²) in [7, 11) is 0. The summed E-state index contributed by atoms with van der Waals surface area (Å²) >= 11 is 3.13. The average molecular weight is 339 g/mol. The second-order valence-electron chi connectivity index (χ2n) is 4.75. The van der Waals surface area contributed by atoms with Crippen LogP contribution in [0.25, 0.3) is 0 Å². The summed E-state index contributed by atoms with van der Waals surface area (Å²) in [4.78, 5) is 0. The summed E-state index contributed by atoms with van der Waals surface area (Å²) < 4.78 is 20.1. The van der Waals surface area contributed by atoms with E-state index in [-0.39, 0.29) is 11.7 Å². The van der Waals surface area contributed by atoms with Gasteiger partial charge in [0.15, 0.2) is 0 Å². The van der Waals surface area contributed by atoms with E-state index in [2.05, 4.69) is 15.9 Å². The van der Waals surface area contributed by atoms with E-state index in [0.29, 0.717) is 15.8 Å². The predicted octanol–water partition coefficient (Wildman–Crippen LogP) is 4.46. The van der Waals surface area contributed by atoms with E-state index in [4.69, 9.17) is 4.74 Å². The molecule has 0 amide bonds. The number of aliphatic hydroxyl groups excluding tert-OH is 1. The normalized spacial score (nSPS) is 12.5. The predicted molar refractivity (Wildman–Crippen MR) is 80.4 cm³/mol. The van der Waals surface area contributed by atoms with Crippen LogP contribution in [0.3, 0.4) is 0 Å². The lowest BCUT2D eigenvalue weighted by atomic mass is 10.00. The highest BCUT2D eigenvalue weighted by Crippen LogP contribution is 2.33. The van der Waals surface area contributed by atoms with Gasteiger partial charge in [-0.2, -0.15) is 0 Å². The summed E-state index contributed by atoms with van der Waals surface area (Å²) in [6.45, 7) is 3.81. The first kappa shape index (κ1) is 15.0. The van der Waals surface area contributed by atoms with Crippen LogP contribution in [-0.4, -0.2) is 11.2 Å². The van der Waals surface area contributed by atoms with Gasteiger partial charge in [-0.1, -0.05) is 30.3 Å². The number of halogens is 2. The molecule has 0 fully saturated rings. The molecule has 0 spiro atoms. The van der Waals surface area contributed by atoms with Gasteiger partial charge >= 0.3 is 0 Å². The molecular formula is C16H16BrFO2. The zero-order valence-electron chi connectivity index (χ0n) is 11.3. The number of para-hydroxylation sites is 1. The second-order valence-corrected chi connectivity index (χ2v) is 5.60. The first-order valence-corrected chi connectivity index (χ1v) is 7.17. The van der Waals surface area contributed by atoms with Gasteiger partial charge in [-0.25, -0.2) is 4.39 Å². The summed E-state index contributed by atoms with van der Waals surface area (Å²) in [5.74, 6) is 0.105. The average Bonchev–Trinajstić information content (AvgIpc) is 2.41. The molecule has 0 saturated heterocycles. The molecule has 1 N–H and O–H groups in total. The molecule has 106 valence electrons. The smallest absolute Gasteiger partial charge is 0.143 e. The number of benzene rings is 2. The van der Waals surface area contributed by atoms with Gasteiger partial charge in [0.25, 0.3) is 0 Å². The van der Waals surface area contributed by atoms with E-state index in [0.717, 1.165) is 0 Å². The Labute approximate surface area is 126 Å². The maximum Gasteiger partial charge on any atom is 0.143 e. The highest BCUT2D eigenvalue weighted by atomic mass is 79.9. The molecule has 1 unspecified atom stereocenters. The Morgan fingerprint density at radius 1 is 1.05 bits per heavy atom. The summed E-state index contributed by atoms with van der Waals surface area (Å²) in [6, 6.07) is 12.0. The maximum atomic E-state index is 14.1. The number of rotatable bonds is 4. The molecule has 2 rings (SSSR count). The van der Waals surface area contributed by atoms with Crippen LogP contribution in [0.5, 0.6) is 5.75 Å². The minimum Gasteiger partial charge on any atom is -0.491 e. The Morgan fingerprint density at radius 3 is 2.40 bits per heavy atom. The van der Waals surface area contributed by atoms with Crippen molar-refractivity contribution < 1.29 is 14.2 Å². The van der Waals surface area contributed by atoms with Gasteiger partial charge in [0, 0.05) is 11.1 Å². The first-order valence-electron chi connectivity index (χ1n) is 6.38. The first-order chi connectivity index (χ1) is 9.50. The highest BCUT2D eigenvalue weighted by Gasteiger charge is 2.20. The number of hydrogen-bond acceptors (Lipinski definition) is 2. The third kappa shape index (κ3) is 3.19. The summed E-state index contributed by atoms with van der Waals surface area (Å²) in [5.41, 5.74) is 0.775. The molecule has 2 aromatic carbocycles. The van der Waals surface area contributed by atoms with Gasteiger partial charge in [-0.3, -0.25) is 0 Å². The monoisotopic (exact) mass is 338 g/mol. The Hall–Kier alpha value is -1.39. The van der Waals surface area contributed by atoms with Crippen molar-refractivity contribution in [1.29, 1.82) is 0 Å². The molecule has 20 heavy (non-hydrogen) atoms. The quantitative estimate of drug-likeness (QED) is 0.891. The van der Waals surface area contributed by atoms with Crippen molar-refractivity contribution in [3.05, 3.63) is 63.9 Å². The van der Waals surface area contributed by atoms with E-state index in [1.54, 1.807) is 36.4 Å². The van der Waals surface area contributed by atoms with Gasteiger partial charge in [-0.05, 0) is 41.9 Å². The second kappa shape index (κ2) is 6.37. The lowest BCUT2D eigenvalue weighted by molar-refractivity contribution is 0.194. The van der Waals surface area contributed by atoms with E-state index < -0.39 is 11.9 Å². The summed E-state index contributed by atoms with van der Waals surface area (Å²) in [5, 5.41) is 10.5. The standard InChI is InChI=1S/C16H16BrFO2/c1-10(2)20-14-9-4-3-6-11(14)16(19)12-7-5-8-13(17)15(12)18/h3-10,16,19H,1-2H3. The van der Waals surface area contributed by atoms with Crippen LogP contribution in [0, 0.1) is 5.82 Å². The maximum absolute atomic E-state index is 14.1. The molecule has 0 aliphatic heterocycles. The van der Waals surface area contributed by atoms with E-state index in [1.165, 1.54) is 0 Å². The Kier molecular flexibility index (Phi) is 4.78. The van der Waals surface area contributed by atoms with Crippen LogP contribution in [0.2, 0.25) is 0 Å². The van der Waals surface area contributed by atoms with Crippen molar-refractivity contribution in [3.8, 4) is 5.75 Å². The molecule has 0 heterocycles. The fourth-order valence-corrected chi connectivity index (χ4v) is 2.35. The van der Waals surface area contributed by atoms with Crippen molar-refractivity contribution in [2.24, 2.45) is 0 Å². The van der Waals surface area contributed by atoms with Gasteiger partial charge in [0.2, 0.25) is 0 Å². The minimum atomic E-state index is -1.07. The molecular weight excluding hydrogens is 323 g/mol. The molecule has 1 atom stereocenters. The molecule has 0 saturated carbocycles. The van der Waals surface area contributed by atoms with Gasteiger partial charge in [0.1, 0.15) is 17.7 Å². The van der Waals surface area contributed by atoms with Crippen LogP contribution < -0.4 is 4.74 Å². The molecule has 0 bridgehead atoms. The SMILES string of the molecule is CC(C)Oc1ccccc1C(O)c1cccc(Br)c1F. The third-order valence-corrected chi connectivity index (χ3v) is 3.46. The lowest BCUT2D eigenvalue weighted by Crippen LogP contribution is -2.10. The van der Waals surface area contributed by atoms with Gasteiger partial charge in [-0.15, -0.1) is 0 Å². The van der Waals surface area contributed by atoms with Crippen molar-refractivity contribution in [2.75, 3.05) is 0 Å². The third-order valence-electron chi connectivity index (χ3n) is 2.85. The number of hydrogen-bond donors (Lipinski definition) is 1. The molecule has 2 nitrogen and oxygen atoms in total. The van der Waals surface area contributed by atoms with Gasteiger partial charge < -0.3 is 9.84 Å². The minimum absolute atomic E-state index is 0.0179. The zero-order valence-corrected chi connectivity index (χ0v) is 12.9. The number of aliphatic hydroxyl groups is 1. The van der Waals surface area contributed by atoms with Crippen LogP contribution >= 0.6 is 15.9 Å². The Balaban J connectivity index is 2.43. The number of ether oxygens (including phenoxy) is 1. The fraction of sp³-hybridized carbons (Fsp3) is 0.250. The summed E-state index contributed by atoms with van der Waals surface area (Å²) in [6.07, 6.45) is -1.09. The van der Waals surface area contributed by atoms with E-state index >= 15 is 0 Å². The Morgan fingerprint density at radius 2 is 1.70 bits per heavy atom. The highest BCUT2D eigenvalue weighted by molar-refractivity contribution is 9.10. The van der Waals surface area contributed by atoms with Crippen LogP contribution in [0.4, 0.5) is 4.39 Å². The molecule has 2 aromatic rings. The largest absolute Gasteiger partial charge is 0.491 e. The molecule has 0 aliphatic carbocycles. The van der Waals surface area contributed by atoms with Crippen molar-refractivity contribution >= 4 is 15.9 Å². The van der Waals surface area contributed by atoms with Crippen molar-refractivity contribution in [3.63, 3.8) is 0 Å². The van der Waals surface area contributed by atoms with Crippen LogP contribution in [0.15, 0.2) is 46.9 Å². The Bertz CT molecular complexity index is 599. The molecule has 0 aliphatic rings. The van der Waals surface area contributed by atoms with E-state index in [9.17, 15) is 9.50 Å². The van der Waals surface area contributed by atoms with Crippen LogP contribution in [0.1, 0.15) is 31.1 Å². The van der Waals surface area contributed by atoms with Crippen molar-refractivity contribution in [2.45, 2.75) is 26.1 Å².